The summed E-state index contributed by atoms with van der Waals surface area (Å²) in [7, 11) is 1.36. The maximum Gasteiger partial charge on any atom is 0.349 e. The molecule has 0 spiro atoms. The van der Waals surface area contributed by atoms with E-state index in [0.717, 1.165) is 4.47 Å². The Morgan fingerprint density at radius 1 is 1.29 bits per heavy atom. The third-order valence-corrected chi connectivity index (χ3v) is 7.13. The summed E-state index contributed by atoms with van der Waals surface area (Å²) in [5.41, 5.74) is -0.0772. The summed E-state index contributed by atoms with van der Waals surface area (Å²) in [6, 6.07) is 9.61. The van der Waals surface area contributed by atoms with E-state index in [1.165, 1.54) is 42.0 Å². The van der Waals surface area contributed by atoms with Crippen molar-refractivity contribution < 1.29 is 18.9 Å². The van der Waals surface area contributed by atoms with Crippen molar-refractivity contribution in [3.05, 3.63) is 77.0 Å². The highest BCUT2D eigenvalue weighted by Crippen LogP contribution is 2.41. The number of carbonyl (C=O) groups excluding carboxylic acids is 1. The zero-order chi connectivity index (χ0) is 22.3. The number of methoxy groups -OCH3 is 1. The van der Waals surface area contributed by atoms with Crippen molar-refractivity contribution in [1.82, 2.24) is 4.90 Å². The van der Waals surface area contributed by atoms with Gasteiger partial charge in [-0.3, -0.25) is 14.9 Å². The van der Waals surface area contributed by atoms with E-state index >= 15 is 0 Å². The van der Waals surface area contributed by atoms with Gasteiger partial charge in [0, 0.05) is 28.2 Å². The molecule has 2 aromatic carbocycles. The van der Waals surface area contributed by atoms with Gasteiger partial charge in [-0.2, -0.15) is 0 Å². The third-order valence-electron chi connectivity index (χ3n) is 4.82. The Labute approximate surface area is 197 Å². The fourth-order valence-corrected chi connectivity index (χ4v) is 6.00. The number of carbonyl (C=O) groups is 1. The van der Waals surface area contributed by atoms with Crippen LogP contribution < -0.4 is 10.4 Å². The first-order chi connectivity index (χ1) is 14.8. The number of hydrogen-bond acceptors (Lipinski definition) is 7. The summed E-state index contributed by atoms with van der Waals surface area (Å²) >= 11 is 8.21. The van der Waals surface area contributed by atoms with Crippen molar-refractivity contribution in [2.45, 2.75) is 5.37 Å². The zero-order valence-corrected chi connectivity index (χ0v) is 20.0. The highest BCUT2D eigenvalue weighted by atomic mass is 79.9. The van der Waals surface area contributed by atoms with Crippen LogP contribution in [0.2, 0.25) is 0 Å². The van der Waals surface area contributed by atoms with Crippen LogP contribution in [0.5, 0.6) is 5.75 Å². The predicted molar refractivity (Wildman–Crippen MR) is 124 cm³/mol. The molecule has 31 heavy (non-hydrogen) atoms. The third kappa shape index (κ3) is 4.09. The van der Waals surface area contributed by atoms with E-state index in [2.05, 4.69) is 31.9 Å². The standard InChI is InChI=1S/C20H14Br2N2O6S/c1-29-16-3-2-10(8-15(16)24(27)28)19-23(4-5-31-19)18(25)13-7-11-6-12(21)9-14(22)17(11)30-20(13)26/h2-3,6-9,19H,4-5H2,1H3. The Bertz CT molecular complexity index is 1280. The molecule has 3 aromatic rings. The maximum absolute atomic E-state index is 13.3. The van der Waals surface area contributed by atoms with Crippen LogP contribution in [-0.2, 0) is 0 Å². The van der Waals surface area contributed by atoms with Crippen molar-refractivity contribution in [2.24, 2.45) is 0 Å². The molecular weight excluding hydrogens is 556 g/mol. The van der Waals surface area contributed by atoms with E-state index in [1.54, 1.807) is 18.2 Å². The molecule has 0 saturated carbocycles. The van der Waals surface area contributed by atoms with Crippen LogP contribution in [0, 0.1) is 10.1 Å². The summed E-state index contributed by atoms with van der Waals surface area (Å²) in [4.78, 5) is 38.2. The molecule has 0 radical (unpaired) electrons. The lowest BCUT2D eigenvalue weighted by Gasteiger charge is -2.24. The number of thioether (sulfide) groups is 1. The number of nitro benzene ring substituents is 1. The number of amides is 1. The van der Waals surface area contributed by atoms with Crippen LogP contribution in [0.4, 0.5) is 5.69 Å². The van der Waals surface area contributed by atoms with E-state index in [0.29, 0.717) is 33.3 Å². The average molecular weight is 570 g/mol. The van der Waals surface area contributed by atoms with Crippen molar-refractivity contribution in [3.63, 3.8) is 0 Å². The topological polar surface area (TPSA) is 103 Å². The van der Waals surface area contributed by atoms with Gasteiger partial charge in [-0.25, -0.2) is 4.79 Å². The molecule has 11 heteroatoms. The van der Waals surface area contributed by atoms with Crippen LogP contribution in [0.25, 0.3) is 11.0 Å². The molecule has 4 rings (SSSR count). The highest BCUT2D eigenvalue weighted by Gasteiger charge is 2.34. The van der Waals surface area contributed by atoms with Crippen molar-refractivity contribution in [3.8, 4) is 5.75 Å². The number of hydrogen-bond donors (Lipinski definition) is 0. The lowest BCUT2D eigenvalue weighted by Crippen LogP contribution is -2.33. The van der Waals surface area contributed by atoms with Crippen LogP contribution in [0.1, 0.15) is 21.3 Å². The second kappa shape index (κ2) is 8.64. The molecule has 0 aliphatic carbocycles. The molecule has 2 heterocycles. The molecule has 160 valence electrons. The molecule has 0 N–H and O–H groups in total. The molecule has 1 unspecified atom stereocenters. The van der Waals surface area contributed by atoms with Crippen molar-refractivity contribution in [2.75, 3.05) is 19.4 Å². The highest BCUT2D eigenvalue weighted by molar-refractivity contribution is 9.11. The fraction of sp³-hybridized carbons (Fsp3) is 0.200. The number of ether oxygens (including phenoxy) is 1. The monoisotopic (exact) mass is 568 g/mol. The van der Waals surface area contributed by atoms with Crippen LogP contribution in [0.3, 0.4) is 0 Å². The van der Waals surface area contributed by atoms with Gasteiger partial charge in [-0.05, 0) is 45.8 Å². The van der Waals surface area contributed by atoms with Gasteiger partial charge >= 0.3 is 11.3 Å². The average Bonchev–Trinajstić information content (AvgIpc) is 3.22. The normalized spacial score (nSPS) is 16.0. The lowest BCUT2D eigenvalue weighted by atomic mass is 10.1. The number of fused-ring (bicyclic) bond motifs is 1. The molecule has 0 bridgehead atoms. The van der Waals surface area contributed by atoms with Crippen LogP contribution in [0.15, 0.2) is 54.6 Å². The largest absolute Gasteiger partial charge is 0.490 e. The van der Waals surface area contributed by atoms with Gasteiger partial charge in [0.2, 0.25) is 0 Å². The maximum atomic E-state index is 13.3. The molecule has 1 atom stereocenters. The van der Waals surface area contributed by atoms with Gasteiger partial charge in [0.05, 0.1) is 16.5 Å². The van der Waals surface area contributed by atoms with Gasteiger partial charge in [-0.15, -0.1) is 11.8 Å². The minimum atomic E-state index is -0.739. The van der Waals surface area contributed by atoms with Crippen molar-refractivity contribution in [1.29, 1.82) is 0 Å². The number of nitro groups is 1. The van der Waals surface area contributed by atoms with Crippen LogP contribution in [-0.4, -0.2) is 35.1 Å². The number of nitrogens with zero attached hydrogens (tertiary/aromatic N) is 2. The van der Waals surface area contributed by atoms with Gasteiger partial charge in [-0.1, -0.05) is 22.0 Å². The van der Waals surface area contributed by atoms with E-state index in [-0.39, 0.29) is 17.0 Å². The smallest absolute Gasteiger partial charge is 0.349 e. The molecule has 1 saturated heterocycles. The summed E-state index contributed by atoms with van der Waals surface area (Å²) < 4.78 is 11.8. The number of rotatable bonds is 4. The second-order valence-corrected chi connectivity index (χ2v) is 9.62. The van der Waals surface area contributed by atoms with Gasteiger partial charge < -0.3 is 14.1 Å². The fourth-order valence-electron chi connectivity index (χ4n) is 3.42. The van der Waals surface area contributed by atoms with Gasteiger partial charge in [0.15, 0.2) is 11.3 Å². The van der Waals surface area contributed by atoms with Crippen molar-refractivity contribution >= 4 is 66.2 Å². The second-order valence-electron chi connectivity index (χ2n) is 6.66. The zero-order valence-electron chi connectivity index (χ0n) is 16.0. The Kier molecular flexibility index (Phi) is 6.09. The van der Waals surface area contributed by atoms with E-state index < -0.39 is 21.8 Å². The molecule has 1 amide bonds. The minimum absolute atomic E-state index is 0.0898. The molecule has 1 aromatic heterocycles. The Morgan fingerprint density at radius 2 is 2.06 bits per heavy atom. The first-order valence-electron chi connectivity index (χ1n) is 8.98. The predicted octanol–water partition coefficient (Wildman–Crippen LogP) is 5.12. The number of halogens is 2. The molecular formula is C20H14Br2N2O6S. The van der Waals surface area contributed by atoms with Gasteiger partial charge in [0.25, 0.3) is 5.91 Å². The van der Waals surface area contributed by atoms with E-state index in [1.807, 2.05) is 0 Å². The Balaban J connectivity index is 1.74. The Morgan fingerprint density at radius 3 is 2.77 bits per heavy atom. The minimum Gasteiger partial charge on any atom is -0.490 e. The molecule has 1 fully saturated rings. The number of benzene rings is 2. The lowest BCUT2D eigenvalue weighted by molar-refractivity contribution is -0.385. The Hall–Kier alpha value is -2.37. The summed E-state index contributed by atoms with van der Waals surface area (Å²) in [5, 5.41) is 11.5. The summed E-state index contributed by atoms with van der Waals surface area (Å²) in [6.45, 7) is 0.396. The molecule has 1 aliphatic heterocycles. The first-order valence-corrected chi connectivity index (χ1v) is 11.6. The van der Waals surface area contributed by atoms with Gasteiger partial charge in [0.1, 0.15) is 10.9 Å². The van der Waals surface area contributed by atoms with E-state index in [9.17, 15) is 19.7 Å². The van der Waals surface area contributed by atoms with E-state index in [4.69, 9.17) is 9.15 Å². The summed E-state index contributed by atoms with van der Waals surface area (Å²) in [5.74, 6) is 0.285. The quantitative estimate of drug-likeness (QED) is 0.244. The molecule has 8 nitrogen and oxygen atoms in total. The first kappa shape index (κ1) is 21.8. The SMILES string of the molecule is COc1ccc(C2SCCN2C(=O)c2cc3cc(Br)cc(Br)c3oc2=O)cc1[N+](=O)[O-]. The molecule has 1 aliphatic rings. The summed E-state index contributed by atoms with van der Waals surface area (Å²) in [6.07, 6.45) is 0. The van der Waals surface area contributed by atoms with Crippen LogP contribution >= 0.6 is 43.6 Å².